The van der Waals surface area contributed by atoms with Crippen LogP contribution in [0.1, 0.15) is 32.3 Å². The van der Waals surface area contributed by atoms with Gasteiger partial charge in [-0.2, -0.15) is 0 Å². The molecule has 90 valence electrons. The van der Waals surface area contributed by atoms with E-state index in [1.165, 1.54) is 12.8 Å². The van der Waals surface area contributed by atoms with Crippen LogP contribution in [0.4, 0.5) is 5.69 Å². The lowest BCUT2D eigenvalue weighted by Gasteiger charge is -2.18. The molecule has 1 unspecified atom stereocenters. The second-order valence-electron chi connectivity index (χ2n) is 4.74. The van der Waals surface area contributed by atoms with Crippen LogP contribution >= 0.6 is 0 Å². The second-order valence-corrected chi connectivity index (χ2v) is 4.74. The van der Waals surface area contributed by atoms with Crippen LogP contribution < -0.4 is 11.1 Å². The molecule has 3 nitrogen and oxygen atoms in total. The van der Waals surface area contributed by atoms with Crippen molar-refractivity contribution in [2.45, 2.75) is 39.2 Å². The highest BCUT2D eigenvalue weighted by atomic mass is 14.9. The first-order valence-electron chi connectivity index (χ1n) is 5.99. The van der Waals surface area contributed by atoms with E-state index in [9.17, 15) is 0 Å². The Balaban J connectivity index is 2.53. The summed E-state index contributed by atoms with van der Waals surface area (Å²) in [5, 5.41) is 3.35. The maximum atomic E-state index is 5.91. The van der Waals surface area contributed by atoms with Gasteiger partial charge >= 0.3 is 0 Å². The Bertz CT molecular complexity index is 310. The summed E-state index contributed by atoms with van der Waals surface area (Å²) in [5.74, 6) is 0.752. The number of likely N-dealkylation sites (N-methyl/N-ethyl adjacent to an activating group) is 1. The minimum absolute atomic E-state index is 0.494. The van der Waals surface area contributed by atoms with Crippen molar-refractivity contribution in [3.8, 4) is 0 Å². The number of aromatic nitrogens is 1. The number of rotatable bonds is 6. The number of nitrogen functional groups attached to an aromatic ring is 1. The molecule has 0 radical (unpaired) electrons. The quantitative estimate of drug-likeness (QED) is 0.774. The largest absolute Gasteiger partial charge is 0.398 e. The monoisotopic (exact) mass is 221 g/mol. The second kappa shape index (κ2) is 6.48. The van der Waals surface area contributed by atoms with Gasteiger partial charge in [0.15, 0.2) is 0 Å². The maximum Gasteiger partial charge on any atom is 0.0378 e. The molecule has 1 aromatic heterocycles. The van der Waals surface area contributed by atoms with Gasteiger partial charge in [0.1, 0.15) is 0 Å². The smallest absolute Gasteiger partial charge is 0.0378 e. The van der Waals surface area contributed by atoms with Crippen LogP contribution in [0.3, 0.4) is 0 Å². The van der Waals surface area contributed by atoms with E-state index in [4.69, 9.17) is 5.73 Å². The molecule has 0 fully saturated rings. The predicted octanol–water partition coefficient (Wildman–Crippen LogP) is 2.23. The molecule has 1 atom stereocenters. The molecular formula is C13H23N3. The first kappa shape index (κ1) is 13.0. The molecule has 0 saturated carbocycles. The first-order chi connectivity index (χ1) is 7.63. The van der Waals surface area contributed by atoms with Crippen molar-refractivity contribution in [3.63, 3.8) is 0 Å². The van der Waals surface area contributed by atoms with Crippen molar-refractivity contribution in [3.05, 3.63) is 24.0 Å². The van der Waals surface area contributed by atoms with Crippen molar-refractivity contribution < 1.29 is 0 Å². The molecule has 0 aliphatic heterocycles. The summed E-state index contributed by atoms with van der Waals surface area (Å²) in [5.41, 5.74) is 7.90. The van der Waals surface area contributed by atoms with Crippen LogP contribution in [0.25, 0.3) is 0 Å². The van der Waals surface area contributed by atoms with Gasteiger partial charge in [-0.05, 0) is 43.9 Å². The predicted molar refractivity (Wildman–Crippen MR) is 69.3 cm³/mol. The SMILES string of the molecule is CNC(CCC(C)C)Cc1cnccc1N. The van der Waals surface area contributed by atoms with Gasteiger partial charge in [-0.25, -0.2) is 0 Å². The standard InChI is InChI=1S/C13H23N3/c1-10(2)4-5-12(15-3)8-11-9-16-7-6-13(11)14/h6-7,9-10,12,15H,4-5,8H2,1-3H3,(H2,14,16). The summed E-state index contributed by atoms with van der Waals surface area (Å²) in [6.45, 7) is 4.51. The van der Waals surface area contributed by atoms with Crippen LogP contribution in [0.5, 0.6) is 0 Å². The fourth-order valence-corrected chi connectivity index (χ4v) is 1.76. The number of hydrogen-bond acceptors (Lipinski definition) is 3. The number of hydrogen-bond donors (Lipinski definition) is 2. The van der Waals surface area contributed by atoms with E-state index >= 15 is 0 Å². The van der Waals surface area contributed by atoms with Gasteiger partial charge < -0.3 is 11.1 Å². The minimum Gasteiger partial charge on any atom is -0.398 e. The minimum atomic E-state index is 0.494. The molecule has 0 aliphatic rings. The lowest BCUT2D eigenvalue weighted by molar-refractivity contribution is 0.451. The van der Waals surface area contributed by atoms with Gasteiger partial charge in [-0.1, -0.05) is 13.8 Å². The normalized spacial score (nSPS) is 13.0. The van der Waals surface area contributed by atoms with Gasteiger partial charge in [0, 0.05) is 24.1 Å². The van der Waals surface area contributed by atoms with Gasteiger partial charge in [0.2, 0.25) is 0 Å². The van der Waals surface area contributed by atoms with Crippen molar-refractivity contribution in [2.24, 2.45) is 5.92 Å². The third-order valence-electron chi connectivity index (χ3n) is 2.91. The van der Waals surface area contributed by atoms with Crippen LogP contribution in [0.15, 0.2) is 18.5 Å². The number of nitrogens with zero attached hydrogens (tertiary/aromatic N) is 1. The molecule has 3 heteroatoms. The van der Waals surface area contributed by atoms with Crippen LogP contribution in [-0.4, -0.2) is 18.1 Å². The van der Waals surface area contributed by atoms with Crippen LogP contribution in [0.2, 0.25) is 0 Å². The highest BCUT2D eigenvalue weighted by Gasteiger charge is 2.10. The van der Waals surface area contributed by atoms with E-state index in [2.05, 4.69) is 24.1 Å². The van der Waals surface area contributed by atoms with E-state index < -0.39 is 0 Å². The topological polar surface area (TPSA) is 50.9 Å². The van der Waals surface area contributed by atoms with Gasteiger partial charge in [0.05, 0.1) is 0 Å². The molecule has 3 N–H and O–H groups in total. The van der Waals surface area contributed by atoms with E-state index in [0.29, 0.717) is 6.04 Å². The lowest BCUT2D eigenvalue weighted by Crippen LogP contribution is -2.28. The van der Waals surface area contributed by atoms with E-state index in [0.717, 1.165) is 23.6 Å². The highest BCUT2D eigenvalue weighted by Crippen LogP contribution is 2.15. The van der Waals surface area contributed by atoms with Crippen molar-refractivity contribution in [1.29, 1.82) is 0 Å². The Kier molecular flexibility index (Phi) is 5.26. The fraction of sp³-hybridized carbons (Fsp3) is 0.615. The summed E-state index contributed by atoms with van der Waals surface area (Å²) in [6.07, 6.45) is 6.99. The molecular weight excluding hydrogens is 198 g/mol. The molecule has 1 heterocycles. The lowest BCUT2D eigenvalue weighted by atomic mass is 9.98. The summed E-state index contributed by atoms with van der Waals surface area (Å²) in [6, 6.07) is 2.36. The molecule has 16 heavy (non-hydrogen) atoms. The Morgan fingerprint density at radius 3 is 2.69 bits per heavy atom. The number of anilines is 1. The third kappa shape index (κ3) is 4.19. The van der Waals surface area contributed by atoms with Crippen molar-refractivity contribution >= 4 is 5.69 Å². The van der Waals surface area contributed by atoms with E-state index in [1.54, 1.807) is 6.20 Å². The molecule has 0 spiro atoms. The fourth-order valence-electron chi connectivity index (χ4n) is 1.76. The maximum absolute atomic E-state index is 5.91. The third-order valence-corrected chi connectivity index (χ3v) is 2.91. The zero-order chi connectivity index (χ0) is 12.0. The van der Waals surface area contributed by atoms with Crippen molar-refractivity contribution in [1.82, 2.24) is 10.3 Å². The highest BCUT2D eigenvalue weighted by molar-refractivity contribution is 5.44. The number of nitrogens with one attached hydrogen (secondary N) is 1. The summed E-state index contributed by atoms with van der Waals surface area (Å²) < 4.78 is 0. The van der Waals surface area contributed by atoms with Crippen LogP contribution in [0, 0.1) is 5.92 Å². The number of nitrogens with two attached hydrogens (primary N) is 1. The van der Waals surface area contributed by atoms with E-state index in [1.807, 2.05) is 19.3 Å². The molecule has 0 amide bonds. The molecule has 0 saturated heterocycles. The summed E-state index contributed by atoms with van der Waals surface area (Å²) >= 11 is 0. The molecule has 1 aromatic rings. The molecule has 1 rings (SSSR count). The van der Waals surface area contributed by atoms with Gasteiger partial charge in [0.25, 0.3) is 0 Å². The zero-order valence-electron chi connectivity index (χ0n) is 10.5. The summed E-state index contributed by atoms with van der Waals surface area (Å²) in [7, 11) is 2.01. The van der Waals surface area contributed by atoms with E-state index in [-0.39, 0.29) is 0 Å². The summed E-state index contributed by atoms with van der Waals surface area (Å²) in [4.78, 5) is 4.12. The average Bonchev–Trinajstić information content (AvgIpc) is 2.26. The van der Waals surface area contributed by atoms with Gasteiger partial charge in [-0.15, -0.1) is 0 Å². The molecule has 0 aromatic carbocycles. The molecule has 0 aliphatic carbocycles. The Morgan fingerprint density at radius 1 is 1.38 bits per heavy atom. The Labute approximate surface area is 98.5 Å². The Morgan fingerprint density at radius 2 is 2.12 bits per heavy atom. The molecule has 0 bridgehead atoms. The first-order valence-corrected chi connectivity index (χ1v) is 5.99. The zero-order valence-corrected chi connectivity index (χ0v) is 10.5. The van der Waals surface area contributed by atoms with Crippen LogP contribution in [-0.2, 0) is 6.42 Å². The average molecular weight is 221 g/mol. The number of pyridine rings is 1. The van der Waals surface area contributed by atoms with Gasteiger partial charge in [-0.3, -0.25) is 4.98 Å². The Hall–Kier alpha value is -1.09. The van der Waals surface area contributed by atoms with Crippen molar-refractivity contribution in [2.75, 3.05) is 12.8 Å².